The molecule has 4 N–H and O–H groups in total. The Morgan fingerprint density at radius 2 is 2.00 bits per heavy atom. The molecular formula is C28H35FN6O7. The maximum Gasteiger partial charge on any atom is 0.408 e. The normalized spacial score (nSPS) is 17.6. The summed E-state index contributed by atoms with van der Waals surface area (Å²) in [5.41, 5.74) is 4.23. The molecule has 1 aliphatic heterocycles. The van der Waals surface area contributed by atoms with Crippen LogP contribution >= 0.6 is 0 Å². The highest BCUT2D eigenvalue weighted by molar-refractivity contribution is 6.00. The van der Waals surface area contributed by atoms with Crippen molar-refractivity contribution >= 4 is 40.2 Å². The van der Waals surface area contributed by atoms with Gasteiger partial charge in [-0.3, -0.25) is 14.2 Å². The molecule has 1 aliphatic rings. The van der Waals surface area contributed by atoms with Crippen molar-refractivity contribution in [3.05, 3.63) is 46.2 Å². The number of aromatic nitrogens is 2. The number of pyridine rings is 1. The first kappa shape index (κ1) is 30.3. The molecule has 14 heteroatoms. The number of anilines is 2. The molecule has 0 radical (unpaired) electrons. The van der Waals surface area contributed by atoms with Crippen LogP contribution in [-0.2, 0) is 14.3 Å². The number of hydrogen-bond acceptors (Lipinski definition) is 10. The number of carbonyl (C=O) groups excluding carboxylic acids is 3. The third-order valence-corrected chi connectivity index (χ3v) is 6.82. The molecule has 2 aromatic heterocycles. The maximum absolute atomic E-state index is 15.8. The Morgan fingerprint density at radius 3 is 2.62 bits per heavy atom. The van der Waals surface area contributed by atoms with Gasteiger partial charge in [-0.25, -0.2) is 14.0 Å². The molecule has 13 nitrogen and oxygen atoms in total. The SMILES string of the molecule is CCOC(=O)c1cn(-c2ccon2)c2cc(N3C[C@H](C)[C@H](NC(=O)C(C)NC(=O)OC(C)(C)C)C3)c(F)c(N)c2c1=O. The van der Waals surface area contributed by atoms with E-state index in [9.17, 15) is 19.2 Å². The lowest BCUT2D eigenvalue weighted by Gasteiger charge is -2.24. The van der Waals surface area contributed by atoms with E-state index in [2.05, 4.69) is 15.8 Å². The largest absolute Gasteiger partial charge is 0.462 e. The molecule has 0 aliphatic carbocycles. The first-order valence-electron chi connectivity index (χ1n) is 13.5. The molecule has 1 fully saturated rings. The number of nitrogens with zero attached hydrogens (tertiary/aromatic N) is 3. The number of amides is 2. The molecule has 0 saturated carbocycles. The standard InChI is InChI=1S/C28H35FN6O7/c1-7-40-26(38)16-12-35(20-8-9-41-33-20)18-10-19(22(29)23(30)21(18)24(16)36)34-11-14(2)17(13-34)32-25(37)15(3)31-27(39)42-28(4,5)6/h8-10,12,14-15,17H,7,11,13,30H2,1-6H3,(H,31,39)(H,32,37)/t14-,15?,17+/m0/s1. The molecule has 42 heavy (non-hydrogen) atoms. The number of rotatable bonds is 7. The Hall–Kier alpha value is -4.62. The van der Waals surface area contributed by atoms with Crippen molar-refractivity contribution in [2.45, 2.75) is 59.2 Å². The number of alkyl carbamates (subject to hydrolysis) is 1. The van der Waals surface area contributed by atoms with Crippen LogP contribution in [0.3, 0.4) is 0 Å². The van der Waals surface area contributed by atoms with Gasteiger partial charge in [-0.05, 0) is 46.6 Å². The molecule has 1 aromatic carbocycles. The summed E-state index contributed by atoms with van der Waals surface area (Å²) in [6.45, 7) is 10.8. The Labute approximate surface area is 241 Å². The number of nitrogens with one attached hydrogen (secondary N) is 2. The molecule has 226 valence electrons. The van der Waals surface area contributed by atoms with E-state index in [0.29, 0.717) is 6.54 Å². The van der Waals surface area contributed by atoms with Crippen LogP contribution in [0.25, 0.3) is 16.7 Å². The van der Waals surface area contributed by atoms with Gasteiger partial charge in [0.15, 0.2) is 11.6 Å². The van der Waals surface area contributed by atoms with Crippen molar-refractivity contribution in [1.29, 1.82) is 0 Å². The monoisotopic (exact) mass is 586 g/mol. The zero-order chi connectivity index (χ0) is 30.9. The summed E-state index contributed by atoms with van der Waals surface area (Å²) in [6.07, 6.45) is 1.85. The summed E-state index contributed by atoms with van der Waals surface area (Å²) in [4.78, 5) is 52.5. The topological polar surface area (TPSA) is 171 Å². The van der Waals surface area contributed by atoms with Crippen LogP contribution in [0.15, 0.2) is 33.9 Å². The van der Waals surface area contributed by atoms with E-state index in [1.807, 2.05) is 6.92 Å². The lowest BCUT2D eigenvalue weighted by atomic mass is 10.1. The van der Waals surface area contributed by atoms with Gasteiger partial charge < -0.3 is 35.3 Å². The minimum Gasteiger partial charge on any atom is -0.462 e. The number of esters is 1. The predicted molar refractivity (Wildman–Crippen MR) is 152 cm³/mol. The van der Waals surface area contributed by atoms with Gasteiger partial charge >= 0.3 is 12.1 Å². The van der Waals surface area contributed by atoms with Gasteiger partial charge in [0.2, 0.25) is 11.3 Å². The fourth-order valence-electron chi connectivity index (χ4n) is 4.78. The summed E-state index contributed by atoms with van der Waals surface area (Å²) < 4.78 is 32.4. The Kier molecular flexibility index (Phi) is 8.45. The van der Waals surface area contributed by atoms with E-state index in [1.54, 1.807) is 32.6 Å². The molecule has 2 amide bonds. The van der Waals surface area contributed by atoms with Gasteiger partial charge in [0.25, 0.3) is 0 Å². The van der Waals surface area contributed by atoms with Crippen molar-refractivity contribution < 1.29 is 32.8 Å². The number of ether oxygens (including phenoxy) is 2. The summed E-state index contributed by atoms with van der Waals surface area (Å²) >= 11 is 0. The maximum atomic E-state index is 15.8. The van der Waals surface area contributed by atoms with Crippen molar-refractivity contribution in [1.82, 2.24) is 20.4 Å². The molecule has 1 saturated heterocycles. The van der Waals surface area contributed by atoms with Crippen LogP contribution in [0.2, 0.25) is 0 Å². The number of hydrogen-bond donors (Lipinski definition) is 3. The van der Waals surface area contributed by atoms with Gasteiger partial charge in [0, 0.05) is 25.4 Å². The van der Waals surface area contributed by atoms with E-state index in [1.165, 1.54) is 36.1 Å². The van der Waals surface area contributed by atoms with E-state index in [4.69, 9.17) is 19.7 Å². The molecule has 3 atom stereocenters. The fourth-order valence-corrected chi connectivity index (χ4v) is 4.78. The third-order valence-electron chi connectivity index (χ3n) is 6.82. The second-order valence-corrected chi connectivity index (χ2v) is 11.2. The van der Waals surface area contributed by atoms with E-state index < -0.39 is 46.5 Å². The Morgan fingerprint density at radius 1 is 1.29 bits per heavy atom. The van der Waals surface area contributed by atoms with Crippen molar-refractivity contribution in [3.63, 3.8) is 0 Å². The number of carbonyl (C=O) groups is 3. The van der Waals surface area contributed by atoms with Crippen molar-refractivity contribution in [2.75, 3.05) is 30.3 Å². The Bertz CT molecular complexity index is 1560. The number of benzene rings is 1. The van der Waals surface area contributed by atoms with Gasteiger partial charge in [-0.2, -0.15) is 0 Å². The average Bonchev–Trinajstić information content (AvgIpc) is 3.55. The van der Waals surface area contributed by atoms with Crippen molar-refractivity contribution in [3.8, 4) is 5.82 Å². The zero-order valence-electron chi connectivity index (χ0n) is 24.3. The highest BCUT2D eigenvalue weighted by Gasteiger charge is 2.35. The van der Waals surface area contributed by atoms with Gasteiger partial charge in [0.05, 0.1) is 34.9 Å². The highest BCUT2D eigenvalue weighted by Crippen LogP contribution is 2.35. The van der Waals surface area contributed by atoms with Crippen LogP contribution in [0, 0.1) is 11.7 Å². The fraction of sp³-hybridized carbons (Fsp3) is 0.464. The van der Waals surface area contributed by atoms with Gasteiger partial charge in [-0.1, -0.05) is 12.1 Å². The van der Waals surface area contributed by atoms with Crippen LogP contribution in [0.5, 0.6) is 0 Å². The smallest absolute Gasteiger partial charge is 0.408 e. The van der Waals surface area contributed by atoms with E-state index >= 15 is 4.39 Å². The molecule has 0 spiro atoms. The second-order valence-electron chi connectivity index (χ2n) is 11.2. The minimum atomic E-state index is -0.882. The average molecular weight is 587 g/mol. The minimum absolute atomic E-state index is 0.0315. The number of nitrogen functional groups attached to an aromatic ring is 1. The molecule has 3 aromatic rings. The lowest BCUT2D eigenvalue weighted by Crippen LogP contribution is -2.50. The van der Waals surface area contributed by atoms with E-state index in [-0.39, 0.29) is 53.1 Å². The molecular weight excluding hydrogens is 551 g/mol. The van der Waals surface area contributed by atoms with Gasteiger partial charge in [0.1, 0.15) is 23.5 Å². The van der Waals surface area contributed by atoms with Crippen LogP contribution in [-0.4, -0.2) is 65.1 Å². The van der Waals surface area contributed by atoms with Crippen LogP contribution in [0.4, 0.5) is 20.6 Å². The number of halogens is 1. The highest BCUT2D eigenvalue weighted by atomic mass is 19.1. The number of nitrogens with two attached hydrogens (primary N) is 1. The Balaban J connectivity index is 1.65. The summed E-state index contributed by atoms with van der Waals surface area (Å²) in [5.74, 6) is -2.03. The second kappa shape index (κ2) is 11.7. The summed E-state index contributed by atoms with van der Waals surface area (Å²) in [5, 5.41) is 9.12. The summed E-state index contributed by atoms with van der Waals surface area (Å²) in [7, 11) is 0. The third kappa shape index (κ3) is 6.16. The van der Waals surface area contributed by atoms with Crippen molar-refractivity contribution in [2.24, 2.45) is 5.92 Å². The first-order chi connectivity index (χ1) is 19.7. The molecule has 0 bridgehead atoms. The van der Waals surface area contributed by atoms with Crippen LogP contribution in [0.1, 0.15) is 51.9 Å². The quantitative estimate of drug-likeness (QED) is 0.276. The number of fused-ring (bicyclic) bond motifs is 1. The lowest BCUT2D eigenvalue weighted by molar-refractivity contribution is -0.123. The van der Waals surface area contributed by atoms with Gasteiger partial charge in [-0.15, -0.1) is 0 Å². The molecule has 3 heterocycles. The van der Waals surface area contributed by atoms with Crippen LogP contribution < -0.4 is 26.7 Å². The molecule has 4 rings (SSSR count). The predicted octanol–water partition coefficient (Wildman–Crippen LogP) is 2.73. The van der Waals surface area contributed by atoms with E-state index in [0.717, 1.165) is 0 Å². The first-order valence-corrected chi connectivity index (χ1v) is 13.5. The molecule has 1 unspecified atom stereocenters. The summed E-state index contributed by atoms with van der Waals surface area (Å²) in [6, 6.07) is 1.70. The zero-order valence-corrected chi connectivity index (χ0v) is 24.3.